The summed E-state index contributed by atoms with van der Waals surface area (Å²) in [5.74, 6) is -1.42. The van der Waals surface area contributed by atoms with E-state index in [0.29, 0.717) is 12.1 Å². The maximum Gasteiger partial charge on any atom is 0.312 e. The molecule has 1 aromatic heterocycles. The summed E-state index contributed by atoms with van der Waals surface area (Å²) in [5, 5.41) is 9.25. The third-order valence-electron chi connectivity index (χ3n) is 2.63. The average molecular weight is 227 g/mol. The molecule has 0 spiro atoms. The van der Waals surface area contributed by atoms with Crippen LogP contribution in [0.15, 0.2) is 54.7 Å². The van der Waals surface area contributed by atoms with Gasteiger partial charge in [-0.1, -0.05) is 36.4 Å². The minimum atomic E-state index is -0.840. The summed E-state index contributed by atoms with van der Waals surface area (Å²) in [6.45, 7) is 0. The van der Waals surface area contributed by atoms with Crippen LogP contribution >= 0.6 is 0 Å². The van der Waals surface area contributed by atoms with E-state index in [9.17, 15) is 9.90 Å². The van der Waals surface area contributed by atoms with E-state index in [4.69, 9.17) is 0 Å². The van der Waals surface area contributed by atoms with Gasteiger partial charge < -0.3 is 5.11 Å². The molecule has 86 valence electrons. The van der Waals surface area contributed by atoms with E-state index in [1.807, 2.05) is 36.4 Å². The number of aliphatic carboxylic acids is 1. The number of carbonyl (C=O) groups is 1. The van der Waals surface area contributed by atoms with Crippen LogP contribution in [0.25, 0.3) is 0 Å². The minimum Gasteiger partial charge on any atom is -0.481 e. The molecule has 0 saturated carbocycles. The van der Waals surface area contributed by atoms with E-state index in [0.717, 1.165) is 5.56 Å². The van der Waals surface area contributed by atoms with Crippen molar-refractivity contribution in [3.05, 3.63) is 66.0 Å². The van der Waals surface area contributed by atoms with Crippen LogP contribution < -0.4 is 0 Å². The predicted molar refractivity (Wildman–Crippen MR) is 64.8 cm³/mol. The number of nitrogens with zero attached hydrogens (tertiary/aromatic N) is 1. The van der Waals surface area contributed by atoms with Crippen molar-refractivity contribution < 1.29 is 9.90 Å². The van der Waals surface area contributed by atoms with Gasteiger partial charge in [0.2, 0.25) is 0 Å². The quantitative estimate of drug-likeness (QED) is 0.873. The van der Waals surface area contributed by atoms with Crippen LogP contribution in [-0.4, -0.2) is 16.1 Å². The van der Waals surface area contributed by atoms with Gasteiger partial charge in [0, 0.05) is 6.20 Å². The van der Waals surface area contributed by atoms with Gasteiger partial charge >= 0.3 is 5.97 Å². The smallest absolute Gasteiger partial charge is 0.312 e. The molecule has 1 heterocycles. The van der Waals surface area contributed by atoms with Gasteiger partial charge in [-0.3, -0.25) is 9.78 Å². The Kier molecular flexibility index (Phi) is 3.50. The zero-order valence-corrected chi connectivity index (χ0v) is 9.28. The van der Waals surface area contributed by atoms with Gasteiger partial charge in [-0.2, -0.15) is 0 Å². The Bertz CT molecular complexity index is 482. The van der Waals surface area contributed by atoms with Crippen molar-refractivity contribution >= 4 is 5.97 Å². The van der Waals surface area contributed by atoms with E-state index in [1.54, 1.807) is 18.3 Å². The van der Waals surface area contributed by atoms with Crippen LogP contribution in [0.3, 0.4) is 0 Å². The summed E-state index contributed by atoms with van der Waals surface area (Å²) in [7, 11) is 0. The highest BCUT2D eigenvalue weighted by Gasteiger charge is 2.21. The lowest BCUT2D eigenvalue weighted by Crippen LogP contribution is -2.15. The van der Waals surface area contributed by atoms with Gasteiger partial charge in [0.25, 0.3) is 0 Å². The predicted octanol–water partition coefficient (Wildman–Crippen LogP) is 2.49. The molecule has 1 aromatic carbocycles. The third kappa shape index (κ3) is 2.91. The van der Waals surface area contributed by atoms with Gasteiger partial charge in [-0.05, 0) is 24.1 Å². The minimum absolute atomic E-state index is 0.465. The number of carboxylic acids is 1. The number of hydrogen-bond acceptors (Lipinski definition) is 2. The van der Waals surface area contributed by atoms with E-state index < -0.39 is 11.9 Å². The van der Waals surface area contributed by atoms with E-state index in [1.165, 1.54) is 0 Å². The van der Waals surface area contributed by atoms with Crippen molar-refractivity contribution in [2.45, 2.75) is 12.3 Å². The standard InChI is InChI=1S/C14H13NO2/c16-14(17)12(13-8-4-5-9-15-13)10-11-6-2-1-3-7-11/h1-9,12H,10H2,(H,16,17). The fraction of sp³-hybridized carbons (Fsp3) is 0.143. The third-order valence-corrected chi connectivity index (χ3v) is 2.63. The number of rotatable bonds is 4. The Labute approximate surface area is 99.8 Å². The number of benzene rings is 1. The molecule has 0 amide bonds. The number of aromatic nitrogens is 1. The SMILES string of the molecule is O=C(O)C(Cc1ccccc1)c1ccccn1. The number of carboxylic acid groups (broad SMARTS) is 1. The number of hydrogen-bond donors (Lipinski definition) is 1. The first-order valence-corrected chi connectivity index (χ1v) is 5.45. The van der Waals surface area contributed by atoms with Crippen molar-refractivity contribution in [2.24, 2.45) is 0 Å². The Morgan fingerprint density at radius 2 is 1.82 bits per heavy atom. The van der Waals surface area contributed by atoms with Crippen LogP contribution in [0, 0.1) is 0 Å². The second kappa shape index (κ2) is 5.25. The van der Waals surface area contributed by atoms with Crippen molar-refractivity contribution in [3.8, 4) is 0 Å². The molecule has 0 bridgehead atoms. The Morgan fingerprint density at radius 1 is 1.12 bits per heavy atom. The lowest BCUT2D eigenvalue weighted by Gasteiger charge is -2.11. The maximum absolute atomic E-state index is 11.3. The molecule has 0 aliphatic carbocycles. The van der Waals surface area contributed by atoms with Crippen LogP contribution in [0.5, 0.6) is 0 Å². The highest BCUT2D eigenvalue weighted by molar-refractivity contribution is 5.75. The van der Waals surface area contributed by atoms with Crippen molar-refractivity contribution in [2.75, 3.05) is 0 Å². The van der Waals surface area contributed by atoms with E-state index in [2.05, 4.69) is 4.98 Å². The molecule has 2 rings (SSSR count). The molecular weight excluding hydrogens is 214 g/mol. The van der Waals surface area contributed by atoms with Gasteiger partial charge in [-0.15, -0.1) is 0 Å². The van der Waals surface area contributed by atoms with Crippen LogP contribution in [0.2, 0.25) is 0 Å². The molecule has 1 unspecified atom stereocenters. The monoisotopic (exact) mass is 227 g/mol. The molecule has 1 N–H and O–H groups in total. The topological polar surface area (TPSA) is 50.2 Å². The Morgan fingerprint density at radius 3 is 2.41 bits per heavy atom. The Balaban J connectivity index is 2.23. The van der Waals surface area contributed by atoms with Crippen LogP contribution in [0.1, 0.15) is 17.2 Å². The van der Waals surface area contributed by atoms with E-state index in [-0.39, 0.29) is 0 Å². The first kappa shape index (κ1) is 11.3. The molecule has 0 radical (unpaired) electrons. The van der Waals surface area contributed by atoms with Crippen LogP contribution in [0.4, 0.5) is 0 Å². The summed E-state index contributed by atoms with van der Waals surface area (Å²) in [4.78, 5) is 15.4. The normalized spacial score (nSPS) is 12.0. The van der Waals surface area contributed by atoms with Gasteiger partial charge in [0.1, 0.15) is 5.92 Å². The maximum atomic E-state index is 11.3. The molecule has 2 aromatic rings. The summed E-state index contributed by atoms with van der Waals surface area (Å²) < 4.78 is 0. The van der Waals surface area contributed by atoms with Crippen molar-refractivity contribution in [1.82, 2.24) is 4.98 Å². The fourth-order valence-electron chi connectivity index (χ4n) is 1.75. The lowest BCUT2D eigenvalue weighted by molar-refractivity contribution is -0.138. The molecule has 0 saturated heterocycles. The summed E-state index contributed by atoms with van der Waals surface area (Å²) in [6, 6.07) is 14.9. The Hall–Kier alpha value is -2.16. The number of pyridine rings is 1. The first-order valence-electron chi connectivity index (χ1n) is 5.45. The first-order chi connectivity index (χ1) is 8.27. The molecule has 0 aliphatic heterocycles. The summed E-state index contributed by atoms with van der Waals surface area (Å²) in [5.41, 5.74) is 1.61. The van der Waals surface area contributed by atoms with Gasteiger partial charge in [-0.25, -0.2) is 0 Å². The fourth-order valence-corrected chi connectivity index (χ4v) is 1.75. The molecule has 0 fully saturated rings. The average Bonchev–Trinajstić information content (AvgIpc) is 2.38. The van der Waals surface area contributed by atoms with Gasteiger partial charge in [0.05, 0.1) is 5.69 Å². The summed E-state index contributed by atoms with van der Waals surface area (Å²) in [6.07, 6.45) is 2.09. The van der Waals surface area contributed by atoms with Crippen molar-refractivity contribution in [1.29, 1.82) is 0 Å². The molecule has 1 atom stereocenters. The summed E-state index contributed by atoms with van der Waals surface area (Å²) >= 11 is 0. The van der Waals surface area contributed by atoms with Gasteiger partial charge in [0.15, 0.2) is 0 Å². The molecule has 3 nitrogen and oxygen atoms in total. The van der Waals surface area contributed by atoms with E-state index >= 15 is 0 Å². The molecule has 17 heavy (non-hydrogen) atoms. The highest BCUT2D eigenvalue weighted by Crippen LogP contribution is 2.19. The second-order valence-electron chi connectivity index (χ2n) is 3.84. The largest absolute Gasteiger partial charge is 0.481 e. The second-order valence-corrected chi connectivity index (χ2v) is 3.84. The van der Waals surface area contributed by atoms with Crippen molar-refractivity contribution in [3.63, 3.8) is 0 Å². The lowest BCUT2D eigenvalue weighted by atomic mass is 9.96. The highest BCUT2D eigenvalue weighted by atomic mass is 16.4. The zero-order valence-electron chi connectivity index (χ0n) is 9.28. The van der Waals surface area contributed by atoms with Crippen LogP contribution in [-0.2, 0) is 11.2 Å². The zero-order chi connectivity index (χ0) is 12.1. The molecule has 0 aliphatic rings. The molecule has 3 heteroatoms. The molecular formula is C14H13NO2.